The molecule has 2 rings (SSSR count). The van der Waals surface area contributed by atoms with Gasteiger partial charge in [0.1, 0.15) is 5.69 Å². The monoisotopic (exact) mass is 291 g/mol. The van der Waals surface area contributed by atoms with Crippen molar-refractivity contribution in [2.75, 3.05) is 19.6 Å². The van der Waals surface area contributed by atoms with Crippen LogP contribution in [0.1, 0.15) is 37.4 Å². The van der Waals surface area contributed by atoms with Crippen molar-refractivity contribution in [2.45, 2.75) is 38.8 Å². The van der Waals surface area contributed by atoms with E-state index in [4.69, 9.17) is 10.9 Å². The molecular weight excluding hydrogens is 266 g/mol. The molecule has 1 aliphatic heterocycles. The Morgan fingerprint density at radius 3 is 2.95 bits per heavy atom. The number of rotatable bonds is 6. The molecule has 0 bridgehead atoms. The fraction of sp³-hybridized carbons (Fsp3) is 0.600. The molecule has 2 heterocycles. The zero-order valence-corrected chi connectivity index (χ0v) is 12.6. The van der Waals surface area contributed by atoms with Crippen LogP contribution in [0, 0.1) is 0 Å². The van der Waals surface area contributed by atoms with E-state index in [9.17, 15) is 0 Å². The minimum Gasteiger partial charge on any atom is -0.409 e. The van der Waals surface area contributed by atoms with E-state index >= 15 is 0 Å². The zero-order valence-electron chi connectivity index (χ0n) is 12.6. The third-order valence-electron chi connectivity index (χ3n) is 4.01. The predicted molar refractivity (Wildman–Crippen MR) is 83.3 cm³/mol. The van der Waals surface area contributed by atoms with Gasteiger partial charge < -0.3 is 16.3 Å². The van der Waals surface area contributed by atoms with Crippen LogP contribution in [0.5, 0.6) is 0 Å². The summed E-state index contributed by atoms with van der Waals surface area (Å²) >= 11 is 0. The first kappa shape index (κ1) is 15.7. The van der Waals surface area contributed by atoms with E-state index in [0.717, 1.165) is 12.1 Å². The van der Waals surface area contributed by atoms with Crippen molar-refractivity contribution in [3.05, 3.63) is 29.6 Å². The second kappa shape index (κ2) is 7.95. The highest BCUT2D eigenvalue weighted by atomic mass is 16.4. The Bertz CT molecular complexity index is 471. The van der Waals surface area contributed by atoms with Crippen LogP contribution >= 0.6 is 0 Å². The summed E-state index contributed by atoms with van der Waals surface area (Å²) in [5.41, 5.74) is 7.13. The third-order valence-corrected chi connectivity index (χ3v) is 4.01. The van der Waals surface area contributed by atoms with E-state index in [-0.39, 0.29) is 5.84 Å². The minimum atomic E-state index is 0.0523. The first-order valence-electron chi connectivity index (χ1n) is 7.59. The third kappa shape index (κ3) is 4.41. The number of amidine groups is 1. The maximum Gasteiger partial charge on any atom is 0.189 e. The van der Waals surface area contributed by atoms with Gasteiger partial charge in [-0.15, -0.1) is 0 Å². The van der Waals surface area contributed by atoms with E-state index in [1.807, 2.05) is 12.1 Å². The fourth-order valence-corrected chi connectivity index (χ4v) is 2.76. The Balaban J connectivity index is 1.85. The lowest BCUT2D eigenvalue weighted by Crippen LogP contribution is -2.43. The number of nitrogens with two attached hydrogens (primary N) is 1. The molecule has 0 saturated carbocycles. The Hall–Kier alpha value is -1.66. The SMILES string of the molecule is CC(CNCc1cccnc1C(N)=NO)N1CCCCC1. The lowest BCUT2D eigenvalue weighted by atomic mass is 10.1. The molecule has 1 saturated heterocycles. The number of nitrogens with zero attached hydrogens (tertiary/aromatic N) is 3. The molecule has 6 heteroatoms. The molecule has 4 N–H and O–H groups in total. The van der Waals surface area contributed by atoms with E-state index in [2.05, 4.69) is 27.3 Å². The minimum absolute atomic E-state index is 0.0523. The largest absolute Gasteiger partial charge is 0.409 e. The van der Waals surface area contributed by atoms with E-state index in [1.165, 1.54) is 32.4 Å². The summed E-state index contributed by atoms with van der Waals surface area (Å²) < 4.78 is 0. The van der Waals surface area contributed by atoms with Crippen molar-refractivity contribution in [3.8, 4) is 0 Å². The Morgan fingerprint density at radius 2 is 2.24 bits per heavy atom. The number of likely N-dealkylation sites (tertiary alicyclic amines) is 1. The summed E-state index contributed by atoms with van der Waals surface area (Å²) in [6, 6.07) is 4.33. The predicted octanol–water partition coefficient (Wildman–Crippen LogP) is 1.14. The zero-order chi connectivity index (χ0) is 15.1. The second-order valence-electron chi connectivity index (χ2n) is 5.57. The van der Waals surface area contributed by atoms with Gasteiger partial charge in [0.15, 0.2) is 5.84 Å². The molecule has 0 aromatic carbocycles. The highest BCUT2D eigenvalue weighted by Gasteiger charge is 2.16. The van der Waals surface area contributed by atoms with Gasteiger partial charge in [0, 0.05) is 25.3 Å². The molecule has 116 valence electrons. The van der Waals surface area contributed by atoms with E-state index < -0.39 is 0 Å². The fourth-order valence-electron chi connectivity index (χ4n) is 2.76. The number of pyridine rings is 1. The molecule has 21 heavy (non-hydrogen) atoms. The van der Waals surface area contributed by atoms with Gasteiger partial charge in [-0.1, -0.05) is 17.6 Å². The van der Waals surface area contributed by atoms with Gasteiger partial charge in [0.25, 0.3) is 0 Å². The van der Waals surface area contributed by atoms with Crippen LogP contribution in [0.2, 0.25) is 0 Å². The van der Waals surface area contributed by atoms with Crippen LogP contribution in [-0.4, -0.2) is 46.6 Å². The summed E-state index contributed by atoms with van der Waals surface area (Å²) in [7, 11) is 0. The molecule has 0 radical (unpaired) electrons. The molecule has 1 aromatic rings. The second-order valence-corrected chi connectivity index (χ2v) is 5.57. The number of nitrogens with one attached hydrogen (secondary N) is 1. The van der Waals surface area contributed by atoms with Crippen molar-refractivity contribution in [3.63, 3.8) is 0 Å². The number of hydrogen-bond acceptors (Lipinski definition) is 5. The normalized spacial score (nSPS) is 18.6. The Labute approximate surface area is 126 Å². The van der Waals surface area contributed by atoms with Crippen LogP contribution in [0.25, 0.3) is 0 Å². The summed E-state index contributed by atoms with van der Waals surface area (Å²) in [6.07, 6.45) is 5.61. The van der Waals surface area contributed by atoms with Gasteiger partial charge in [-0.2, -0.15) is 0 Å². The average molecular weight is 291 g/mol. The molecule has 0 spiro atoms. The summed E-state index contributed by atoms with van der Waals surface area (Å²) in [6.45, 7) is 6.24. The topological polar surface area (TPSA) is 86.8 Å². The average Bonchev–Trinajstić information content (AvgIpc) is 2.55. The maximum absolute atomic E-state index is 8.79. The van der Waals surface area contributed by atoms with Gasteiger partial charge in [-0.25, -0.2) is 0 Å². The molecule has 1 aliphatic rings. The molecule has 1 unspecified atom stereocenters. The van der Waals surface area contributed by atoms with Crippen LogP contribution in [0.15, 0.2) is 23.5 Å². The van der Waals surface area contributed by atoms with Crippen molar-refractivity contribution >= 4 is 5.84 Å². The molecule has 1 fully saturated rings. The molecule has 6 nitrogen and oxygen atoms in total. The van der Waals surface area contributed by atoms with Gasteiger partial charge >= 0.3 is 0 Å². The van der Waals surface area contributed by atoms with Crippen molar-refractivity contribution in [1.29, 1.82) is 0 Å². The van der Waals surface area contributed by atoms with Crippen molar-refractivity contribution in [1.82, 2.24) is 15.2 Å². The standard InChI is InChI=1S/C15H25N5O/c1-12(20-8-3-2-4-9-20)10-17-11-13-6-5-7-18-14(13)15(16)19-21/h5-7,12,17,21H,2-4,8-11H2,1H3,(H2,16,19). The number of hydrogen-bond donors (Lipinski definition) is 3. The summed E-state index contributed by atoms with van der Waals surface area (Å²) in [5.74, 6) is 0.0523. The Kier molecular flexibility index (Phi) is 5.95. The highest BCUT2D eigenvalue weighted by Crippen LogP contribution is 2.12. The summed E-state index contributed by atoms with van der Waals surface area (Å²) in [4.78, 5) is 6.70. The van der Waals surface area contributed by atoms with Gasteiger partial charge in [0.05, 0.1) is 0 Å². The van der Waals surface area contributed by atoms with Crippen LogP contribution < -0.4 is 11.1 Å². The number of aromatic nitrogens is 1. The lowest BCUT2D eigenvalue weighted by Gasteiger charge is -2.32. The molecule has 1 atom stereocenters. The first-order valence-corrected chi connectivity index (χ1v) is 7.59. The Morgan fingerprint density at radius 1 is 1.48 bits per heavy atom. The summed E-state index contributed by atoms with van der Waals surface area (Å²) in [5, 5.41) is 15.3. The van der Waals surface area contributed by atoms with Crippen molar-refractivity contribution < 1.29 is 5.21 Å². The van der Waals surface area contributed by atoms with Crippen LogP contribution in [-0.2, 0) is 6.54 Å². The van der Waals surface area contributed by atoms with Gasteiger partial charge in [-0.05, 0) is 44.5 Å². The maximum atomic E-state index is 8.79. The van der Waals surface area contributed by atoms with Crippen LogP contribution in [0.3, 0.4) is 0 Å². The molecular formula is C15H25N5O. The number of piperidine rings is 1. The van der Waals surface area contributed by atoms with E-state index in [1.54, 1.807) is 6.20 Å². The quantitative estimate of drug-likeness (QED) is 0.317. The smallest absolute Gasteiger partial charge is 0.189 e. The van der Waals surface area contributed by atoms with Gasteiger partial charge in [0.2, 0.25) is 0 Å². The van der Waals surface area contributed by atoms with Crippen molar-refractivity contribution in [2.24, 2.45) is 10.9 Å². The first-order chi connectivity index (χ1) is 10.2. The lowest BCUT2D eigenvalue weighted by molar-refractivity contribution is 0.170. The van der Waals surface area contributed by atoms with E-state index in [0.29, 0.717) is 18.3 Å². The van der Waals surface area contributed by atoms with Gasteiger partial charge in [-0.3, -0.25) is 9.88 Å². The molecule has 1 aromatic heterocycles. The highest BCUT2D eigenvalue weighted by molar-refractivity contribution is 5.96. The molecule has 0 amide bonds. The number of oxime groups is 1. The van der Waals surface area contributed by atoms with Crippen LogP contribution in [0.4, 0.5) is 0 Å². The molecule has 0 aliphatic carbocycles.